The fourth-order valence-corrected chi connectivity index (χ4v) is 3.66. The van der Waals surface area contributed by atoms with Crippen LogP contribution in [0, 0.1) is 6.92 Å². The molecule has 0 radical (unpaired) electrons. The summed E-state index contributed by atoms with van der Waals surface area (Å²) in [6, 6.07) is 5.32. The van der Waals surface area contributed by atoms with Gasteiger partial charge < -0.3 is 33.8 Å². The van der Waals surface area contributed by atoms with Crippen LogP contribution in [0.15, 0.2) is 29.3 Å². The van der Waals surface area contributed by atoms with Gasteiger partial charge in [0.05, 0.1) is 23.4 Å². The quantitative estimate of drug-likeness (QED) is 0.177. The second kappa shape index (κ2) is 14.1. The number of esters is 1. The third-order valence-electron chi connectivity index (χ3n) is 5.45. The summed E-state index contributed by atoms with van der Waals surface area (Å²) in [6.45, 7) is 6.12. The molecule has 12 heteroatoms. The van der Waals surface area contributed by atoms with Crippen LogP contribution in [0.3, 0.4) is 0 Å². The molecule has 3 rings (SSSR count). The maximum atomic E-state index is 13.5. The van der Waals surface area contributed by atoms with Crippen LogP contribution >= 0.6 is 0 Å². The zero-order valence-corrected chi connectivity index (χ0v) is 22.4. The normalized spacial score (nSPS) is 10.9. The fraction of sp³-hybridized carbons (Fsp3) is 0.462. The van der Waals surface area contributed by atoms with E-state index >= 15 is 0 Å². The summed E-state index contributed by atoms with van der Waals surface area (Å²) in [4.78, 5) is 40.9. The van der Waals surface area contributed by atoms with E-state index in [2.05, 4.69) is 15.3 Å². The molecule has 0 amide bonds. The van der Waals surface area contributed by atoms with Crippen LogP contribution in [-0.4, -0.2) is 61.7 Å². The third kappa shape index (κ3) is 6.69. The molecular formula is C26H34N4O8. The van der Waals surface area contributed by atoms with Gasteiger partial charge in [0.15, 0.2) is 36.3 Å². The minimum atomic E-state index is -0.773. The average molecular weight is 531 g/mol. The van der Waals surface area contributed by atoms with Crippen molar-refractivity contribution in [1.82, 2.24) is 14.7 Å². The van der Waals surface area contributed by atoms with Crippen LogP contribution in [0.1, 0.15) is 48.3 Å². The highest BCUT2D eigenvalue weighted by Crippen LogP contribution is 2.31. The smallest absolute Gasteiger partial charge is 0.346 e. The van der Waals surface area contributed by atoms with Crippen molar-refractivity contribution >= 4 is 22.7 Å². The number of pyridine rings is 1. The van der Waals surface area contributed by atoms with Crippen LogP contribution in [0.5, 0.6) is 11.5 Å². The molecule has 0 saturated heterocycles. The number of carbonyl (C=O) groups is 1. The van der Waals surface area contributed by atoms with Gasteiger partial charge in [-0.15, -0.1) is 4.73 Å². The summed E-state index contributed by atoms with van der Waals surface area (Å²) in [5, 5.41) is 3.71. The van der Waals surface area contributed by atoms with Crippen molar-refractivity contribution in [2.45, 2.75) is 40.2 Å². The fourth-order valence-electron chi connectivity index (χ4n) is 3.66. The first-order valence-corrected chi connectivity index (χ1v) is 12.3. The van der Waals surface area contributed by atoms with E-state index in [0.717, 1.165) is 23.1 Å². The number of fused-ring (bicyclic) bond motifs is 1. The molecule has 0 bridgehead atoms. The zero-order chi connectivity index (χ0) is 27.5. The molecule has 12 nitrogen and oxygen atoms in total. The van der Waals surface area contributed by atoms with Gasteiger partial charge in [0, 0.05) is 20.8 Å². The summed E-state index contributed by atoms with van der Waals surface area (Å²) >= 11 is 0. The lowest BCUT2D eigenvalue weighted by Gasteiger charge is -2.19. The standard InChI is InChI=1S/C26H34N4O8/c1-6-8-11-38-30-24-21(17(3)28-14-29-24)23(22(25(30)31)26(32)35-7-2)27-13-18-9-10-19(36-15-33-4)20(12-18)37-16-34-5/h9-10,12,14,27H,6-8,11,13,15-16H2,1-5H3. The molecule has 0 aliphatic rings. The highest BCUT2D eigenvalue weighted by Gasteiger charge is 2.26. The molecule has 0 spiro atoms. The monoisotopic (exact) mass is 530 g/mol. The molecule has 1 N–H and O–H groups in total. The van der Waals surface area contributed by atoms with Gasteiger partial charge in [0.1, 0.15) is 12.9 Å². The molecule has 0 aliphatic heterocycles. The first-order valence-electron chi connectivity index (χ1n) is 12.3. The number of benzene rings is 1. The van der Waals surface area contributed by atoms with E-state index < -0.39 is 11.5 Å². The summed E-state index contributed by atoms with van der Waals surface area (Å²) < 4.78 is 27.5. The highest BCUT2D eigenvalue weighted by atomic mass is 16.7. The number of nitrogens with zero attached hydrogens (tertiary/aromatic N) is 3. The van der Waals surface area contributed by atoms with Gasteiger partial charge in [-0.1, -0.05) is 19.4 Å². The van der Waals surface area contributed by atoms with Gasteiger partial charge in [-0.25, -0.2) is 14.8 Å². The number of nitrogens with one attached hydrogen (secondary N) is 1. The molecule has 0 atom stereocenters. The minimum absolute atomic E-state index is 0.0185. The topological polar surface area (TPSA) is 132 Å². The van der Waals surface area contributed by atoms with E-state index in [9.17, 15) is 9.59 Å². The van der Waals surface area contributed by atoms with E-state index in [-0.39, 0.29) is 50.2 Å². The number of unbranched alkanes of at least 4 members (excludes halogenated alkanes) is 1. The second-order valence-electron chi connectivity index (χ2n) is 8.15. The largest absolute Gasteiger partial charge is 0.464 e. The van der Waals surface area contributed by atoms with Gasteiger partial charge in [-0.2, -0.15) is 0 Å². The number of rotatable bonds is 15. The van der Waals surface area contributed by atoms with Crippen molar-refractivity contribution in [1.29, 1.82) is 0 Å². The van der Waals surface area contributed by atoms with Crippen molar-refractivity contribution in [3.05, 3.63) is 51.7 Å². The Kier molecular flexibility index (Phi) is 10.7. The number of anilines is 1. The Morgan fingerprint density at radius 2 is 1.79 bits per heavy atom. The number of hydrogen-bond acceptors (Lipinski definition) is 11. The van der Waals surface area contributed by atoms with Gasteiger partial charge in [0.2, 0.25) is 0 Å². The maximum absolute atomic E-state index is 13.5. The van der Waals surface area contributed by atoms with E-state index in [0.29, 0.717) is 22.6 Å². The maximum Gasteiger partial charge on any atom is 0.346 e. The molecule has 3 aromatic rings. The Hall–Kier alpha value is -3.90. The first kappa shape index (κ1) is 28.7. The van der Waals surface area contributed by atoms with Crippen molar-refractivity contribution in [3.63, 3.8) is 0 Å². The van der Waals surface area contributed by atoms with E-state index in [1.807, 2.05) is 13.0 Å². The summed E-state index contributed by atoms with van der Waals surface area (Å²) in [7, 11) is 3.04. The first-order chi connectivity index (χ1) is 18.5. The predicted octanol–water partition coefficient (Wildman–Crippen LogP) is 3.08. The SMILES string of the molecule is CCCCOn1c(=O)c(C(=O)OCC)c(NCc2ccc(OCOC)c(OCOC)c2)c2c(C)ncnc21. The molecule has 2 aromatic heterocycles. The molecule has 206 valence electrons. The Balaban J connectivity index is 2.08. The Bertz CT molecular complexity index is 1290. The minimum Gasteiger partial charge on any atom is -0.464 e. The number of aryl methyl sites for hydroxylation is 1. The van der Waals surface area contributed by atoms with Gasteiger partial charge in [-0.3, -0.25) is 4.79 Å². The number of methoxy groups -OCH3 is 2. The van der Waals surface area contributed by atoms with Crippen molar-refractivity contribution in [2.24, 2.45) is 0 Å². The molecule has 0 unspecified atom stereocenters. The summed E-state index contributed by atoms with van der Waals surface area (Å²) in [5.41, 5.74) is 0.993. The van der Waals surface area contributed by atoms with Crippen LogP contribution in [0.4, 0.5) is 5.69 Å². The number of hydrogen-bond donors (Lipinski definition) is 1. The van der Waals surface area contributed by atoms with E-state index in [1.54, 1.807) is 26.0 Å². The lowest BCUT2D eigenvalue weighted by Crippen LogP contribution is -2.34. The second-order valence-corrected chi connectivity index (χ2v) is 8.15. The molecule has 38 heavy (non-hydrogen) atoms. The molecule has 0 fully saturated rings. The van der Waals surface area contributed by atoms with Crippen molar-refractivity contribution in [2.75, 3.05) is 46.3 Å². The van der Waals surface area contributed by atoms with Crippen LogP contribution in [-0.2, 0) is 20.8 Å². The van der Waals surface area contributed by atoms with E-state index in [4.69, 9.17) is 28.5 Å². The number of ether oxygens (including phenoxy) is 5. The zero-order valence-electron chi connectivity index (χ0n) is 22.4. The number of aromatic nitrogens is 3. The molecule has 0 aliphatic carbocycles. The lowest BCUT2D eigenvalue weighted by molar-refractivity contribution is 0.0322. The van der Waals surface area contributed by atoms with Crippen molar-refractivity contribution in [3.8, 4) is 11.5 Å². The molecule has 2 heterocycles. The third-order valence-corrected chi connectivity index (χ3v) is 5.45. The van der Waals surface area contributed by atoms with Gasteiger partial charge in [0.25, 0.3) is 0 Å². The average Bonchev–Trinajstić information content (AvgIpc) is 2.91. The molecule has 0 saturated carbocycles. The van der Waals surface area contributed by atoms with Gasteiger partial charge in [-0.05, 0) is 38.0 Å². The highest BCUT2D eigenvalue weighted by molar-refractivity contribution is 6.04. The Morgan fingerprint density at radius 3 is 2.47 bits per heavy atom. The Morgan fingerprint density at radius 1 is 1.05 bits per heavy atom. The summed E-state index contributed by atoms with van der Waals surface area (Å²) in [6.07, 6.45) is 2.95. The van der Waals surface area contributed by atoms with Crippen LogP contribution < -0.4 is 25.2 Å². The Labute approximate surface area is 220 Å². The van der Waals surface area contributed by atoms with Gasteiger partial charge >= 0.3 is 11.5 Å². The van der Waals surface area contributed by atoms with E-state index in [1.165, 1.54) is 20.5 Å². The van der Waals surface area contributed by atoms with Crippen LogP contribution in [0.2, 0.25) is 0 Å². The van der Waals surface area contributed by atoms with Crippen molar-refractivity contribution < 1.29 is 33.3 Å². The van der Waals surface area contributed by atoms with Crippen LogP contribution in [0.25, 0.3) is 11.0 Å². The lowest BCUT2D eigenvalue weighted by atomic mass is 10.1. The summed E-state index contributed by atoms with van der Waals surface area (Å²) in [5.74, 6) is 0.143. The number of carbonyl (C=O) groups excluding carboxylic acids is 1. The predicted molar refractivity (Wildman–Crippen MR) is 140 cm³/mol. The molecule has 1 aromatic carbocycles. The molecular weight excluding hydrogens is 496 g/mol.